The molecule has 1 aromatic carbocycles. The maximum Gasteiger partial charge on any atom is 0.132 e. The van der Waals surface area contributed by atoms with Crippen LogP contribution in [0, 0.1) is 5.82 Å². The predicted octanol–water partition coefficient (Wildman–Crippen LogP) is 5.27. The molecule has 2 aromatic heterocycles. The summed E-state index contributed by atoms with van der Waals surface area (Å²) in [6, 6.07) is 11.2. The molecule has 0 bridgehead atoms. The Labute approximate surface area is 211 Å². The highest BCUT2D eigenvalue weighted by molar-refractivity contribution is 6.35. The van der Waals surface area contributed by atoms with Gasteiger partial charge in [-0.3, -0.25) is 14.9 Å². The van der Waals surface area contributed by atoms with Gasteiger partial charge in [0, 0.05) is 54.6 Å². The van der Waals surface area contributed by atoms with Gasteiger partial charge < -0.3 is 4.90 Å². The van der Waals surface area contributed by atoms with Gasteiger partial charge in [0.05, 0.1) is 29.0 Å². The second-order valence-corrected chi connectivity index (χ2v) is 10.0. The van der Waals surface area contributed by atoms with Gasteiger partial charge in [-0.2, -0.15) is 0 Å². The standard InChI is InChI=1S/C28H31ClFN5/c1-19(2)35-14-12-34(13-15-35)11-3-4-20-16-27-26(32-18-20)8-7-25(33-27)22-9-10-31-28(22)23-17-21(29)5-6-24(23)30/h5-9,16-19H,3-4,10-15H2,1-2H3. The summed E-state index contributed by atoms with van der Waals surface area (Å²) in [5.41, 5.74) is 5.51. The molecule has 35 heavy (non-hydrogen) atoms. The Kier molecular flexibility index (Phi) is 7.23. The van der Waals surface area contributed by atoms with Crippen LogP contribution in [-0.4, -0.2) is 70.8 Å². The molecule has 5 rings (SSSR count). The van der Waals surface area contributed by atoms with Gasteiger partial charge in [0.2, 0.25) is 0 Å². The van der Waals surface area contributed by atoms with Crippen LogP contribution in [-0.2, 0) is 6.42 Å². The van der Waals surface area contributed by atoms with Crippen LogP contribution < -0.4 is 0 Å². The number of rotatable bonds is 7. The SMILES string of the molecule is CC(C)N1CCN(CCCc2cnc3ccc(C4=CCN=C4c4cc(Cl)ccc4F)nc3c2)CC1. The number of allylic oxidation sites excluding steroid dienone is 1. The first-order valence-corrected chi connectivity index (χ1v) is 12.8. The lowest BCUT2D eigenvalue weighted by Crippen LogP contribution is -2.48. The zero-order valence-electron chi connectivity index (χ0n) is 20.3. The summed E-state index contributed by atoms with van der Waals surface area (Å²) >= 11 is 6.12. The summed E-state index contributed by atoms with van der Waals surface area (Å²) in [6.45, 7) is 10.7. The second-order valence-electron chi connectivity index (χ2n) is 9.58. The number of aromatic nitrogens is 2. The van der Waals surface area contributed by atoms with E-state index in [1.807, 2.05) is 24.4 Å². The van der Waals surface area contributed by atoms with Crippen molar-refractivity contribution in [2.75, 3.05) is 39.3 Å². The molecule has 0 saturated carbocycles. The molecule has 0 radical (unpaired) electrons. The van der Waals surface area contributed by atoms with Gasteiger partial charge in [-0.05, 0) is 75.2 Å². The smallest absolute Gasteiger partial charge is 0.132 e. The highest BCUT2D eigenvalue weighted by atomic mass is 35.5. The first-order valence-electron chi connectivity index (χ1n) is 12.4. The summed E-state index contributed by atoms with van der Waals surface area (Å²) in [5.74, 6) is -0.337. The van der Waals surface area contributed by atoms with Gasteiger partial charge in [0.15, 0.2) is 0 Å². The Bertz CT molecular complexity index is 1280. The third kappa shape index (κ3) is 5.45. The molecule has 4 heterocycles. The molecule has 182 valence electrons. The highest BCUT2D eigenvalue weighted by Crippen LogP contribution is 2.28. The molecule has 7 heteroatoms. The number of piperazine rings is 1. The van der Waals surface area contributed by atoms with Gasteiger partial charge in [0.1, 0.15) is 5.82 Å². The van der Waals surface area contributed by atoms with E-state index in [0.717, 1.165) is 67.9 Å². The molecular weight excluding hydrogens is 461 g/mol. The quantitative estimate of drug-likeness (QED) is 0.452. The van der Waals surface area contributed by atoms with E-state index in [2.05, 4.69) is 39.7 Å². The van der Waals surface area contributed by atoms with Crippen LogP contribution in [0.3, 0.4) is 0 Å². The van der Waals surface area contributed by atoms with Crippen molar-refractivity contribution in [1.82, 2.24) is 19.8 Å². The van der Waals surface area contributed by atoms with Crippen LogP contribution in [0.5, 0.6) is 0 Å². The number of aryl methyl sites for hydroxylation is 1. The summed E-state index contributed by atoms with van der Waals surface area (Å²) in [6.07, 6.45) is 6.02. The minimum Gasteiger partial charge on any atom is -0.301 e. The van der Waals surface area contributed by atoms with Crippen molar-refractivity contribution in [3.63, 3.8) is 0 Å². The minimum atomic E-state index is -0.337. The van der Waals surface area contributed by atoms with Gasteiger partial charge >= 0.3 is 0 Å². The molecule has 5 nitrogen and oxygen atoms in total. The number of aliphatic imine (C=N–C) groups is 1. The van der Waals surface area contributed by atoms with Crippen LogP contribution in [0.1, 0.15) is 37.1 Å². The lowest BCUT2D eigenvalue weighted by molar-refractivity contribution is 0.108. The number of halogens is 2. The van der Waals surface area contributed by atoms with Crippen molar-refractivity contribution < 1.29 is 4.39 Å². The molecule has 3 aromatic rings. The van der Waals surface area contributed by atoms with E-state index in [1.165, 1.54) is 11.6 Å². The summed E-state index contributed by atoms with van der Waals surface area (Å²) < 4.78 is 14.5. The van der Waals surface area contributed by atoms with Gasteiger partial charge in [-0.1, -0.05) is 17.7 Å². The van der Waals surface area contributed by atoms with E-state index in [0.29, 0.717) is 28.9 Å². The van der Waals surface area contributed by atoms with Crippen molar-refractivity contribution in [2.24, 2.45) is 4.99 Å². The lowest BCUT2D eigenvalue weighted by Gasteiger charge is -2.36. The number of hydrogen-bond acceptors (Lipinski definition) is 5. The van der Waals surface area contributed by atoms with Gasteiger partial charge in [-0.15, -0.1) is 0 Å². The highest BCUT2D eigenvalue weighted by Gasteiger charge is 2.21. The van der Waals surface area contributed by atoms with Crippen molar-refractivity contribution in [3.05, 3.63) is 76.3 Å². The third-order valence-electron chi connectivity index (χ3n) is 6.93. The number of nitrogens with zero attached hydrogens (tertiary/aromatic N) is 5. The van der Waals surface area contributed by atoms with E-state index in [1.54, 1.807) is 12.1 Å². The average molecular weight is 492 g/mol. The Morgan fingerprint density at radius 3 is 2.66 bits per heavy atom. The molecule has 0 aliphatic carbocycles. The van der Waals surface area contributed by atoms with Gasteiger partial charge in [0.25, 0.3) is 0 Å². The monoisotopic (exact) mass is 491 g/mol. The fourth-order valence-corrected chi connectivity index (χ4v) is 5.06. The molecular formula is C28H31ClFN5. The lowest BCUT2D eigenvalue weighted by atomic mass is 9.99. The number of pyridine rings is 2. The zero-order valence-corrected chi connectivity index (χ0v) is 21.1. The molecule has 0 N–H and O–H groups in total. The van der Waals surface area contributed by atoms with Crippen LogP contribution >= 0.6 is 11.6 Å². The molecule has 0 unspecified atom stereocenters. The Hall–Kier alpha value is -2.67. The first-order chi connectivity index (χ1) is 17.0. The first kappa shape index (κ1) is 24.0. The van der Waals surface area contributed by atoms with Crippen LogP contribution in [0.25, 0.3) is 16.6 Å². The minimum absolute atomic E-state index is 0.337. The average Bonchev–Trinajstić information content (AvgIpc) is 3.35. The fraction of sp³-hybridized carbons (Fsp3) is 0.393. The molecule has 1 saturated heterocycles. The second kappa shape index (κ2) is 10.5. The van der Waals surface area contributed by atoms with E-state index < -0.39 is 0 Å². The topological polar surface area (TPSA) is 44.6 Å². The van der Waals surface area contributed by atoms with Crippen molar-refractivity contribution in [2.45, 2.75) is 32.7 Å². The maximum absolute atomic E-state index is 14.5. The molecule has 0 amide bonds. The van der Waals surface area contributed by atoms with Crippen molar-refractivity contribution in [1.29, 1.82) is 0 Å². The van der Waals surface area contributed by atoms with Gasteiger partial charge in [-0.25, -0.2) is 9.37 Å². The van der Waals surface area contributed by atoms with E-state index in [4.69, 9.17) is 16.6 Å². The van der Waals surface area contributed by atoms with Crippen molar-refractivity contribution >= 4 is 33.9 Å². The van der Waals surface area contributed by atoms with Crippen LogP contribution in [0.2, 0.25) is 5.02 Å². The summed E-state index contributed by atoms with van der Waals surface area (Å²) in [4.78, 5) is 19.2. The Morgan fingerprint density at radius 2 is 1.86 bits per heavy atom. The zero-order chi connectivity index (χ0) is 24.4. The number of fused-ring (bicyclic) bond motifs is 1. The summed E-state index contributed by atoms with van der Waals surface area (Å²) in [7, 11) is 0. The molecule has 1 fully saturated rings. The fourth-order valence-electron chi connectivity index (χ4n) is 4.89. The van der Waals surface area contributed by atoms with E-state index in [9.17, 15) is 4.39 Å². The summed E-state index contributed by atoms with van der Waals surface area (Å²) in [5, 5.41) is 0.484. The van der Waals surface area contributed by atoms with E-state index in [-0.39, 0.29) is 5.82 Å². The maximum atomic E-state index is 14.5. The molecule has 2 aliphatic heterocycles. The van der Waals surface area contributed by atoms with Crippen molar-refractivity contribution in [3.8, 4) is 0 Å². The van der Waals surface area contributed by atoms with Crippen LogP contribution in [0.4, 0.5) is 4.39 Å². The molecule has 2 aliphatic rings. The van der Waals surface area contributed by atoms with E-state index >= 15 is 0 Å². The number of hydrogen-bond donors (Lipinski definition) is 0. The Morgan fingerprint density at radius 1 is 1.03 bits per heavy atom. The predicted molar refractivity (Wildman–Crippen MR) is 142 cm³/mol. The molecule has 0 spiro atoms. The normalized spacial score (nSPS) is 17.3. The third-order valence-corrected chi connectivity index (χ3v) is 7.17. The molecule has 0 atom stereocenters. The Balaban J connectivity index is 1.27. The largest absolute Gasteiger partial charge is 0.301 e. The number of benzene rings is 1. The van der Waals surface area contributed by atoms with Crippen LogP contribution in [0.15, 0.2) is 53.7 Å².